The van der Waals surface area contributed by atoms with E-state index < -0.39 is 6.04 Å². The number of nitrogens with one attached hydrogen (secondary N) is 1. The monoisotopic (exact) mass is 426 g/mol. The number of carbonyl (C=O) groups is 1. The van der Waals surface area contributed by atoms with Crippen molar-refractivity contribution in [3.05, 3.63) is 82.3 Å². The molecule has 29 heavy (non-hydrogen) atoms. The number of ether oxygens (including phenoxy) is 1. The van der Waals surface area contributed by atoms with Crippen molar-refractivity contribution in [3.63, 3.8) is 0 Å². The third kappa shape index (κ3) is 4.64. The lowest BCUT2D eigenvalue weighted by molar-refractivity contribution is -0.126. The topological polar surface area (TPSA) is 69.0 Å². The molecule has 0 radical (unpaired) electrons. The molecule has 2 aromatic carbocycles. The summed E-state index contributed by atoms with van der Waals surface area (Å²) in [4.78, 5) is 21.4. The van der Waals surface area contributed by atoms with Crippen LogP contribution in [0.25, 0.3) is 10.2 Å². The van der Waals surface area contributed by atoms with Gasteiger partial charge in [0.15, 0.2) is 0 Å². The zero-order valence-corrected chi connectivity index (χ0v) is 17.3. The maximum absolute atomic E-state index is 12.5. The van der Waals surface area contributed by atoms with Crippen LogP contribution in [0.1, 0.15) is 22.4 Å². The van der Waals surface area contributed by atoms with Crippen LogP contribution < -0.4 is 5.32 Å². The molecule has 148 valence electrons. The first-order valence-electron chi connectivity index (χ1n) is 9.04. The Hall–Kier alpha value is -2.74. The minimum Gasteiger partial charge on any atom is -0.364 e. The molecule has 1 N–H and O–H groups in total. The molecule has 2 aromatic heterocycles. The lowest BCUT2D eigenvalue weighted by Gasteiger charge is -2.19. The maximum Gasteiger partial charge on any atom is 0.246 e. The number of carbonyl (C=O) groups excluding carboxylic acids is 1. The first-order chi connectivity index (χ1) is 14.1. The molecule has 4 rings (SSSR count). The molecule has 1 atom stereocenters. The molecular formula is C21H19ClN4O2S. The summed E-state index contributed by atoms with van der Waals surface area (Å²) in [6.07, 6.45) is 3.54. The van der Waals surface area contributed by atoms with Gasteiger partial charge in [-0.2, -0.15) is 0 Å². The molecule has 4 aromatic rings. The largest absolute Gasteiger partial charge is 0.364 e. The highest BCUT2D eigenvalue weighted by Gasteiger charge is 2.21. The Balaban J connectivity index is 1.41. The van der Waals surface area contributed by atoms with Crippen molar-refractivity contribution in [1.29, 1.82) is 0 Å². The van der Waals surface area contributed by atoms with Crippen LogP contribution in [0.5, 0.6) is 0 Å². The van der Waals surface area contributed by atoms with Crippen LogP contribution >= 0.6 is 22.9 Å². The number of thiazole rings is 1. The van der Waals surface area contributed by atoms with Crippen LogP contribution in [-0.2, 0) is 23.2 Å². The van der Waals surface area contributed by atoms with Gasteiger partial charge in [0.05, 0.1) is 16.8 Å². The molecule has 0 saturated carbocycles. The predicted molar refractivity (Wildman–Crippen MR) is 114 cm³/mol. The van der Waals surface area contributed by atoms with E-state index in [0.717, 1.165) is 26.6 Å². The third-order valence-corrected chi connectivity index (χ3v) is 5.68. The zero-order chi connectivity index (χ0) is 20.2. The number of benzene rings is 2. The Kier molecular flexibility index (Phi) is 5.89. The summed E-state index contributed by atoms with van der Waals surface area (Å²) >= 11 is 7.57. The highest BCUT2D eigenvalue weighted by atomic mass is 35.5. The fourth-order valence-corrected chi connectivity index (χ4v) is 4.05. The van der Waals surface area contributed by atoms with Crippen LogP contribution in [0.3, 0.4) is 0 Å². The maximum atomic E-state index is 12.5. The summed E-state index contributed by atoms with van der Waals surface area (Å²) in [6, 6.07) is 14.9. The van der Waals surface area contributed by atoms with Gasteiger partial charge in [-0.1, -0.05) is 35.9 Å². The normalized spacial score (nSPS) is 12.2. The first kappa shape index (κ1) is 19.6. The SMILES string of the molecule is Cn1ccnc1[C@@H](NC(=O)COCc1nc2ccccc2s1)c1ccc(Cl)cc1. The van der Waals surface area contributed by atoms with Gasteiger partial charge in [-0.15, -0.1) is 11.3 Å². The standard InChI is InChI=1S/C21H19ClN4O2S/c1-26-11-10-23-21(26)20(14-6-8-15(22)9-7-14)25-18(27)12-28-13-19-24-16-4-2-3-5-17(16)29-19/h2-11,20H,12-13H2,1H3,(H,25,27)/t20-/m0/s1. The Bertz CT molecular complexity index is 1090. The van der Waals surface area contributed by atoms with Crippen LogP contribution in [-0.4, -0.2) is 27.0 Å². The van der Waals surface area contributed by atoms with Gasteiger partial charge in [-0.05, 0) is 29.8 Å². The van der Waals surface area contributed by atoms with Gasteiger partial charge in [-0.25, -0.2) is 9.97 Å². The van der Waals surface area contributed by atoms with Gasteiger partial charge < -0.3 is 14.6 Å². The number of hydrogen-bond donors (Lipinski definition) is 1. The van der Waals surface area contributed by atoms with Crippen LogP contribution in [0.4, 0.5) is 0 Å². The average Bonchev–Trinajstić information content (AvgIpc) is 3.32. The molecule has 0 spiro atoms. The van der Waals surface area contributed by atoms with Gasteiger partial charge in [0.2, 0.25) is 5.91 Å². The molecule has 0 fully saturated rings. The summed E-state index contributed by atoms with van der Waals surface area (Å²) in [5.41, 5.74) is 1.83. The van der Waals surface area contributed by atoms with E-state index >= 15 is 0 Å². The lowest BCUT2D eigenvalue weighted by Crippen LogP contribution is -2.33. The van der Waals surface area contributed by atoms with Crippen LogP contribution in [0.2, 0.25) is 5.02 Å². The number of aryl methyl sites for hydroxylation is 1. The Morgan fingerprint density at radius 2 is 2.03 bits per heavy atom. The van der Waals surface area contributed by atoms with E-state index in [4.69, 9.17) is 16.3 Å². The van der Waals surface area contributed by atoms with E-state index in [1.54, 1.807) is 29.7 Å². The van der Waals surface area contributed by atoms with Crippen molar-refractivity contribution in [1.82, 2.24) is 19.9 Å². The molecule has 0 aliphatic heterocycles. The van der Waals surface area contributed by atoms with Crippen molar-refractivity contribution in [2.24, 2.45) is 7.05 Å². The molecule has 0 saturated heterocycles. The number of aromatic nitrogens is 3. The highest BCUT2D eigenvalue weighted by Crippen LogP contribution is 2.23. The molecule has 1 amide bonds. The number of halogens is 1. The number of fused-ring (bicyclic) bond motifs is 1. The molecule has 0 aliphatic rings. The number of hydrogen-bond acceptors (Lipinski definition) is 5. The second-order valence-corrected chi connectivity index (χ2v) is 8.07. The van der Waals surface area contributed by atoms with E-state index in [1.807, 2.05) is 54.2 Å². The molecule has 8 heteroatoms. The minimum absolute atomic E-state index is 0.0650. The Morgan fingerprint density at radius 3 is 2.76 bits per heavy atom. The third-order valence-electron chi connectivity index (χ3n) is 4.42. The quantitative estimate of drug-likeness (QED) is 0.483. The lowest BCUT2D eigenvalue weighted by atomic mass is 10.1. The average molecular weight is 427 g/mol. The highest BCUT2D eigenvalue weighted by molar-refractivity contribution is 7.18. The van der Waals surface area contributed by atoms with Gasteiger partial charge in [0, 0.05) is 24.5 Å². The summed E-state index contributed by atoms with van der Waals surface area (Å²) in [6.45, 7) is 0.227. The fourth-order valence-electron chi connectivity index (χ4n) is 3.02. The number of imidazole rings is 1. The van der Waals surface area contributed by atoms with E-state index in [2.05, 4.69) is 15.3 Å². The molecule has 2 heterocycles. The van der Waals surface area contributed by atoms with E-state index in [1.165, 1.54) is 0 Å². The smallest absolute Gasteiger partial charge is 0.246 e. The van der Waals surface area contributed by atoms with Crippen molar-refractivity contribution < 1.29 is 9.53 Å². The van der Waals surface area contributed by atoms with E-state index in [0.29, 0.717) is 11.6 Å². The van der Waals surface area contributed by atoms with Gasteiger partial charge >= 0.3 is 0 Å². The molecule has 6 nitrogen and oxygen atoms in total. The van der Waals surface area contributed by atoms with Crippen molar-refractivity contribution >= 4 is 39.1 Å². The number of nitrogens with zero attached hydrogens (tertiary/aromatic N) is 3. The Morgan fingerprint density at radius 1 is 1.24 bits per heavy atom. The van der Waals surface area contributed by atoms with Crippen molar-refractivity contribution in [3.8, 4) is 0 Å². The van der Waals surface area contributed by atoms with Gasteiger partial charge in [-0.3, -0.25) is 4.79 Å². The molecular weight excluding hydrogens is 408 g/mol. The van der Waals surface area contributed by atoms with Crippen molar-refractivity contribution in [2.45, 2.75) is 12.6 Å². The number of rotatable bonds is 7. The Labute approximate surface area is 177 Å². The summed E-state index contributed by atoms with van der Waals surface area (Å²) in [7, 11) is 1.89. The predicted octanol–water partition coefficient (Wildman–Crippen LogP) is 4.11. The van der Waals surface area contributed by atoms with Crippen LogP contribution in [0, 0.1) is 0 Å². The van der Waals surface area contributed by atoms with E-state index in [9.17, 15) is 4.79 Å². The van der Waals surface area contributed by atoms with Crippen LogP contribution in [0.15, 0.2) is 60.9 Å². The number of amides is 1. The second kappa shape index (κ2) is 8.73. The summed E-state index contributed by atoms with van der Waals surface area (Å²) < 4.78 is 8.58. The summed E-state index contributed by atoms with van der Waals surface area (Å²) in [5, 5.41) is 4.48. The molecule has 0 aliphatic carbocycles. The second-order valence-electron chi connectivity index (χ2n) is 6.52. The fraction of sp³-hybridized carbons (Fsp3) is 0.190. The minimum atomic E-state index is -0.397. The van der Waals surface area contributed by atoms with Gasteiger partial charge in [0.1, 0.15) is 23.5 Å². The summed E-state index contributed by atoms with van der Waals surface area (Å²) in [5.74, 6) is 0.501. The molecule has 0 bridgehead atoms. The van der Waals surface area contributed by atoms with Gasteiger partial charge in [0.25, 0.3) is 0 Å². The van der Waals surface area contributed by atoms with E-state index in [-0.39, 0.29) is 12.5 Å². The zero-order valence-electron chi connectivity index (χ0n) is 15.7. The number of para-hydroxylation sites is 1. The first-order valence-corrected chi connectivity index (χ1v) is 10.2. The van der Waals surface area contributed by atoms with Crippen molar-refractivity contribution in [2.75, 3.05) is 6.61 Å². The molecule has 0 unspecified atom stereocenters.